The Hall–Kier alpha value is -1.87. The van der Waals surface area contributed by atoms with E-state index < -0.39 is 0 Å². The largest absolute Gasteiger partial charge is 1.00 e. The lowest BCUT2D eigenvalue weighted by atomic mass is 9.92. The molecule has 1 aliphatic rings. The van der Waals surface area contributed by atoms with E-state index in [0.29, 0.717) is 6.54 Å². The fraction of sp³-hybridized carbons (Fsp3) is 0.458. The molecule has 0 bridgehead atoms. The first-order chi connectivity index (χ1) is 13.2. The molecular weight excluding hydrogens is 373 g/mol. The fourth-order valence-corrected chi connectivity index (χ4v) is 3.94. The second kappa shape index (κ2) is 11.2. The lowest BCUT2D eigenvalue weighted by Crippen LogP contribution is -3.00. The minimum absolute atomic E-state index is 0. The Morgan fingerprint density at radius 1 is 1.04 bits per heavy atom. The van der Waals surface area contributed by atoms with Gasteiger partial charge in [-0.25, -0.2) is 8.97 Å². The van der Waals surface area contributed by atoms with Crippen molar-refractivity contribution in [1.29, 1.82) is 0 Å². The van der Waals surface area contributed by atoms with Gasteiger partial charge in [0.1, 0.15) is 18.1 Å². The summed E-state index contributed by atoms with van der Waals surface area (Å²) >= 11 is 0. The molecule has 0 spiro atoms. The number of rotatable bonds is 9. The molecule has 0 atom stereocenters. The molecule has 1 aliphatic heterocycles. The van der Waals surface area contributed by atoms with Crippen LogP contribution in [0.1, 0.15) is 62.1 Å². The van der Waals surface area contributed by atoms with Gasteiger partial charge in [0, 0.05) is 18.4 Å². The van der Waals surface area contributed by atoms with Gasteiger partial charge in [-0.15, -0.1) is 0 Å². The van der Waals surface area contributed by atoms with Gasteiger partial charge in [-0.05, 0) is 42.3 Å². The van der Waals surface area contributed by atoms with Crippen LogP contribution in [0.15, 0.2) is 42.5 Å². The third kappa shape index (κ3) is 5.57. The van der Waals surface area contributed by atoms with Gasteiger partial charge in [-0.3, -0.25) is 0 Å². The molecule has 0 saturated carbocycles. The number of hydrogen-bond acceptors (Lipinski definition) is 1. The van der Waals surface area contributed by atoms with E-state index in [1.54, 1.807) is 19.2 Å². The average Bonchev–Trinajstić information content (AvgIpc) is 2.70. The van der Waals surface area contributed by atoms with Crippen LogP contribution in [-0.4, -0.2) is 23.9 Å². The Labute approximate surface area is 174 Å². The van der Waals surface area contributed by atoms with E-state index in [9.17, 15) is 4.39 Å². The van der Waals surface area contributed by atoms with Crippen molar-refractivity contribution in [2.75, 3.05) is 13.7 Å². The predicted octanol–water partition coefficient (Wildman–Crippen LogP) is 2.76. The molecule has 2 aromatic rings. The molecule has 0 aromatic heterocycles. The van der Waals surface area contributed by atoms with Crippen LogP contribution in [0.3, 0.4) is 0 Å². The van der Waals surface area contributed by atoms with Crippen molar-refractivity contribution in [3.63, 3.8) is 0 Å². The van der Waals surface area contributed by atoms with Gasteiger partial charge in [-0.2, -0.15) is 0 Å². The van der Waals surface area contributed by atoms with Crippen molar-refractivity contribution in [2.45, 2.75) is 58.4 Å². The molecule has 28 heavy (non-hydrogen) atoms. The number of hydrogen-bond donors (Lipinski definition) is 0. The molecule has 0 aliphatic carbocycles. The van der Waals surface area contributed by atoms with Crippen LogP contribution in [0.2, 0.25) is 0 Å². The standard InChI is InChI=1S/C24H31FNO.ClH/c1-3-4-5-6-7-12-24-22-14-13-21(27-2)17-19(22)15-16-26(24)18-20-10-8-9-11-23(20)25;/h8-11,13-14,17H,3-7,12,15-16,18H2,1-2H3;1H/q+1;/p-1. The molecule has 1 heterocycles. The molecule has 2 aromatic carbocycles. The van der Waals surface area contributed by atoms with Gasteiger partial charge < -0.3 is 17.1 Å². The molecule has 152 valence electrons. The molecule has 4 heteroatoms. The maximum atomic E-state index is 14.2. The Morgan fingerprint density at radius 3 is 2.57 bits per heavy atom. The van der Waals surface area contributed by atoms with Crippen molar-refractivity contribution < 1.29 is 26.1 Å². The third-order valence-electron chi connectivity index (χ3n) is 5.49. The van der Waals surface area contributed by atoms with E-state index in [0.717, 1.165) is 30.7 Å². The van der Waals surface area contributed by atoms with Gasteiger partial charge in [0.15, 0.2) is 12.3 Å². The van der Waals surface area contributed by atoms with E-state index in [4.69, 9.17) is 4.74 Å². The van der Waals surface area contributed by atoms with Crippen molar-refractivity contribution in [3.8, 4) is 5.75 Å². The van der Waals surface area contributed by atoms with Crippen LogP contribution in [0, 0.1) is 5.82 Å². The molecule has 2 nitrogen and oxygen atoms in total. The summed E-state index contributed by atoms with van der Waals surface area (Å²) < 4.78 is 22.0. The molecule has 3 rings (SSSR count). The molecule has 0 amide bonds. The molecule has 0 N–H and O–H groups in total. The number of benzene rings is 2. The Morgan fingerprint density at radius 2 is 1.82 bits per heavy atom. The minimum Gasteiger partial charge on any atom is -1.00 e. The zero-order valence-electron chi connectivity index (χ0n) is 17.0. The van der Waals surface area contributed by atoms with Crippen LogP contribution in [0.5, 0.6) is 5.75 Å². The molecule has 0 unspecified atom stereocenters. The zero-order valence-corrected chi connectivity index (χ0v) is 17.8. The van der Waals surface area contributed by atoms with Gasteiger partial charge in [0.05, 0.1) is 12.7 Å². The van der Waals surface area contributed by atoms with E-state index in [1.807, 2.05) is 18.2 Å². The summed E-state index contributed by atoms with van der Waals surface area (Å²) in [5.41, 5.74) is 4.80. The highest BCUT2D eigenvalue weighted by Gasteiger charge is 2.26. The lowest BCUT2D eigenvalue weighted by molar-refractivity contribution is -0.546. The van der Waals surface area contributed by atoms with E-state index >= 15 is 0 Å². The first kappa shape index (κ1) is 22.4. The highest BCUT2D eigenvalue weighted by Crippen LogP contribution is 2.25. The first-order valence-electron chi connectivity index (χ1n) is 10.2. The summed E-state index contributed by atoms with van der Waals surface area (Å²) in [5, 5.41) is 0. The zero-order chi connectivity index (χ0) is 19.1. The molecular formula is C24H31ClFNO. The Balaban J connectivity index is 0.00000280. The summed E-state index contributed by atoms with van der Waals surface area (Å²) in [6.45, 7) is 3.82. The fourth-order valence-electron chi connectivity index (χ4n) is 3.94. The highest BCUT2D eigenvalue weighted by atomic mass is 35.5. The summed E-state index contributed by atoms with van der Waals surface area (Å²) in [6.07, 6.45) is 8.34. The van der Waals surface area contributed by atoms with Crippen LogP contribution < -0.4 is 17.1 Å². The summed E-state index contributed by atoms with van der Waals surface area (Å²) in [7, 11) is 1.72. The number of unbranched alkanes of at least 4 members (excludes halogenated alkanes) is 4. The topological polar surface area (TPSA) is 12.2 Å². The Kier molecular flexibility index (Phi) is 8.98. The van der Waals surface area contributed by atoms with E-state index in [-0.39, 0.29) is 18.2 Å². The Bertz CT molecular complexity index is 803. The predicted molar refractivity (Wildman–Crippen MR) is 109 cm³/mol. The second-order valence-electron chi connectivity index (χ2n) is 7.40. The van der Waals surface area contributed by atoms with Crippen molar-refractivity contribution >= 4 is 5.71 Å². The lowest BCUT2D eigenvalue weighted by Gasteiger charge is -2.20. The maximum Gasteiger partial charge on any atom is 0.183 e. The summed E-state index contributed by atoms with van der Waals surface area (Å²) in [4.78, 5) is 0. The SMILES string of the molecule is CCCCCCCC1=[N+](Cc2ccccc2F)CCc2cc(OC)ccc21.[Cl-]. The average molecular weight is 404 g/mol. The normalized spacial score (nSPS) is 13.1. The number of nitrogens with zero attached hydrogens (tertiary/aromatic N) is 1. The molecule has 0 saturated heterocycles. The van der Waals surface area contributed by atoms with Gasteiger partial charge in [0.2, 0.25) is 0 Å². The number of fused-ring (bicyclic) bond motifs is 1. The van der Waals surface area contributed by atoms with Crippen LogP contribution >= 0.6 is 0 Å². The van der Waals surface area contributed by atoms with Crippen molar-refractivity contribution in [3.05, 3.63) is 65.0 Å². The quantitative estimate of drug-likeness (QED) is 0.463. The first-order valence-corrected chi connectivity index (χ1v) is 10.2. The van der Waals surface area contributed by atoms with Crippen LogP contribution in [0.4, 0.5) is 4.39 Å². The summed E-state index contributed by atoms with van der Waals surface area (Å²) in [6, 6.07) is 13.5. The van der Waals surface area contributed by atoms with Gasteiger partial charge in [0.25, 0.3) is 0 Å². The smallest absolute Gasteiger partial charge is 0.183 e. The molecule has 0 radical (unpaired) electrons. The number of halogens is 2. The van der Waals surface area contributed by atoms with E-state index in [1.165, 1.54) is 48.9 Å². The van der Waals surface area contributed by atoms with Gasteiger partial charge in [-0.1, -0.05) is 44.7 Å². The molecule has 0 fully saturated rings. The van der Waals surface area contributed by atoms with Crippen LogP contribution in [-0.2, 0) is 13.0 Å². The third-order valence-corrected chi connectivity index (χ3v) is 5.49. The second-order valence-corrected chi connectivity index (χ2v) is 7.40. The number of methoxy groups -OCH3 is 1. The van der Waals surface area contributed by atoms with Crippen molar-refractivity contribution in [2.24, 2.45) is 0 Å². The highest BCUT2D eigenvalue weighted by molar-refractivity contribution is 5.98. The van der Waals surface area contributed by atoms with Crippen molar-refractivity contribution in [1.82, 2.24) is 0 Å². The summed E-state index contributed by atoms with van der Waals surface area (Å²) in [5.74, 6) is 0.805. The minimum atomic E-state index is -0.111. The monoisotopic (exact) mass is 403 g/mol. The maximum absolute atomic E-state index is 14.2. The van der Waals surface area contributed by atoms with E-state index in [2.05, 4.69) is 23.6 Å². The van der Waals surface area contributed by atoms with Gasteiger partial charge >= 0.3 is 0 Å². The van der Waals surface area contributed by atoms with Crippen LogP contribution in [0.25, 0.3) is 0 Å². The number of ether oxygens (including phenoxy) is 1.